The normalized spacial score (nSPS) is 12.8. The summed E-state index contributed by atoms with van der Waals surface area (Å²) in [6.45, 7) is 8.31. The molecule has 0 radical (unpaired) electrons. The quantitative estimate of drug-likeness (QED) is 0.267. The maximum absolute atomic E-state index is 5.90. The first kappa shape index (κ1) is 21.5. The lowest BCUT2D eigenvalue weighted by atomic mass is 10.4. The minimum atomic E-state index is -0.187. The smallest absolute Gasteiger partial charge is 0.248 e. The third-order valence-electron chi connectivity index (χ3n) is 3.46. The molecule has 1 atom stereocenters. The van der Waals surface area contributed by atoms with Crippen molar-refractivity contribution in [2.24, 2.45) is 4.99 Å². The second-order valence-corrected chi connectivity index (χ2v) is 7.17. The number of nitrogens with one attached hydrogen (secondary N) is 2. The van der Waals surface area contributed by atoms with Crippen LogP contribution in [-0.4, -0.2) is 41.5 Å². The molecule has 0 spiro atoms. The number of halogens is 1. The van der Waals surface area contributed by atoms with Gasteiger partial charge in [0.1, 0.15) is 12.6 Å². The second kappa shape index (κ2) is 11.8. The van der Waals surface area contributed by atoms with E-state index in [0.717, 1.165) is 23.9 Å². The summed E-state index contributed by atoms with van der Waals surface area (Å²) in [5.41, 5.74) is 0. The van der Waals surface area contributed by atoms with Crippen molar-refractivity contribution in [2.75, 3.05) is 25.4 Å². The van der Waals surface area contributed by atoms with Gasteiger partial charge in [-0.05, 0) is 45.0 Å². The number of guanidine groups is 1. The topological polar surface area (TPSA) is 84.6 Å². The zero-order valence-corrected chi connectivity index (χ0v) is 17.4. The fourth-order valence-electron chi connectivity index (χ4n) is 2.18. The number of thioether (sulfide) groups is 1. The number of hydrogen-bond donors (Lipinski definition) is 2. The molecule has 1 aromatic carbocycles. The van der Waals surface area contributed by atoms with E-state index in [1.165, 1.54) is 4.90 Å². The van der Waals surface area contributed by atoms with Crippen LogP contribution < -0.4 is 10.6 Å². The fraction of sp³-hybridized carbons (Fsp3) is 0.500. The molecule has 0 aliphatic rings. The van der Waals surface area contributed by atoms with Crippen molar-refractivity contribution in [1.82, 2.24) is 20.8 Å². The third-order valence-corrected chi connectivity index (χ3v) is 4.72. The van der Waals surface area contributed by atoms with E-state index in [-0.39, 0.29) is 6.10 Å². The van der Waals surface area contributed by atoms with Gasteiger partial charge >= 0.3 is 0 Å². The molecule has 0 fully saturated rings. The highest BCUT2D eigenvalue weighted by Gasteiger charge is 2.13. The molecule has 27 heavy (non-hydrogen) atoms. The predicted octanol–water partition coefficient (Wildman–Crippen LogP) is 3.67. The molecular weight excluding hydrogens is 386 g/mol. The van der Waals surface area contributed by atoms with Crippen molar-refractivity contribution in [3.8, 4) is 0 Å². The maximum Gasteiger partial charge on any atom is 0.248 e. The van der Waals surface area contributed by atoms with Crippen LogP contribution in [0, 0.1) is 0 Å². The van der Waals surface area contributed by atoms with E-state index >= 15 is 0 Å². The Hall–Kier alpha value is -1.77. The molecule has 0 aliphatic heterocycles. The Morgan fingerprint density at radius 1 is 1.30 bits per heavy atom. The minimum Gasteiger partial charge on any atom is -0.371 e. The van der Waals surface area contributed by atoms with Gasteiger partial charge in [0.25, 0.3) is 0 Å². The molecule has 0 saturated carbocycles. The zero-order chi connectivity index (χ0) is 19.5. The average Bonchev–Trinajstić information content (AvgIpc) is 3.14. The average molecular weight is 412 g/mol. The van der Waals surface area contributed by atoms with Gasteiger partial charge in [0, 0.05) is 35.4 Å². The van der Waals surface area contributed by atoms with Gasteiger partial charge in [0.15, 0.2) is 11.8 Å². The van der Waals surface area contributed by atoms with Gasteiger partial charge in [-0.25, -0.2) is 4.99 Å². The van der Waals surface area contributed by atoms with Crippen LogP contribution in [0.2, 0.25) is 5.02 Å². The summed E-state index contributed by atoms with van der Waals surface area (Å²) < 4.78 is 10.7. The first-order valence-corrected chi connectivity index (χ1v) is 10.3. The van der Waals surface area contributed by atoms with Crippen LogP contribution in [0.5, 0.6) is 0 Å². The summed E-state index contributed by atoms with van der Waals surface area (Å²) in [5, 5.41) is 11.2. The number of aliphatic imine (C=N–C) groups is 1. The van der Waals surface area contributed by atoms with Crippen molar-refractivity contribution in [2.45, 2.75) is 38.3 Å². The van der Waals surface area contributed by atoms with Crippen molar-refractivity contribution in [1.29, 1.82) is 0 Å². The lowest BCUT2D eigenvalue weighted by molar-refractivity contribution is 0.0683. The molecule has 1 aromatic heterocycles. The fourth-order valence-corrected chi connectivity index (χ4v) is 3.07. The number of benzene rings is 1. The highest BCUT2D eigenvalue weighted by molar-refractivity contribution is 7.99. The van der Waals surface area contributed by atoms with Gasteiger partial charge in [-0.3, -0.25) is 0 Å². The number of ether oxygens (including phenoxy) is 1. The second-order valence-electron chi connectivity index (χ2n) is 5.57. The maximum atomic E-state index is 5.90. The molecule has 1 unspecified atom stereocenters. The SMILES string of the molecule is CCNC(=NCc1nc(C(C)OCC)no1)NCCSc1ccc(Cl)cc1. The Morgan fingerprint density at radius 3 is 2.78 bits per heavy atom. The summed E-state index contributed by atoms with van der Waals surface area (Å²) in [4.78, 5) is 10.00. The molecule has 9 heteroatoms. The molecule has 0 aliphatic carbocycles. The molecular formula is C18H26ClN5O2S. The van der Waals surface area contributed by atoms with E-state index in [4.69, 9.17) is 20.9 Å². The minimum absolute atomic E-state index is 0.187. The van der Waals surface area contributed by atoms with Gasteiger partial charge in [-0.15, -0.1) is 11.8 Å². The summed E-state index contributed by atoms with van der Waals surface area (Å²) >= 11 is 7.66. The van der Waals surface area contributed by atoms with Gasteiger partial charge < -0.3 is 19.9 Å². The molecule has 1 heterocycles. The Balaban J connectivity index is 1.80. The third kappa shape index (κ3) is 7.78. The summed E-state index contributed by atoms with van der Waals surface area (Å²) in [7, 11) is 0. The molecule has 0 amide bonds. The van der Waals surface area contributed by atoms with Gasteiger partial charge in [-0.2, -0.15) is 4.98 Å². The van der Waals surface area contributed by atoms with Crippen LogP contribution in [0.3, 0.4) is 0 Å². The van der Waals surface area contributed by atoms with Gasteiger partial charge in [0.2, 0.25) is 5.89 Å². The van der Waals surface area contributed by atoms with Crippen LogP contribution in [0.1, 0.15) is 38.6 Å². The largest absolute Gasteiger partial charge is 0.371 e. The molecule has 0 bridgehead atoms. The van der Waals surface area contributed by atoms with Crippen LogP contribution in [0.15, 0.2) is 38.7 Å². The molecule has 2 aromatic rings. The lowest BCUT2D eigenvalue weighted by Gasteiger charge is -2.10. The van der Waals surface area contributed by atoms with E-state index in [9.17, 15) is 0 Å². The van der Waals surface area contributed by atoms with E-state index in [2.05, 4.69) is 25.8 Å². The Kier molecular flexibility index (Phi) is 9.44. The number of hydrogen-bond acceptors (Lipinski definition) is 6. The molecule has 7 nitrogen and oxygen atoms in total. The predicted molar refractivity (Wildman–Crippen MR) is 109 cm³/mol. The molecule has 0 saturated heterocycles. The van der Waals surface area contributed by atoms with Crippen molar-refractivity contribution >= 4 is 29.3 Å². The standard InChI is InChI=1S/C18H26ClN5O2S/c1-4-20-18(21-10-11-27-15-8-6-14(19)7-9-15)22-12-16-23-17(24-26-16)13(3)25-5-2/h6-9,13H,4-5,10-12H2,1-3H3,(H2,20,21,22). The van der Waals surface area contributed by atoms with Crippen molar-refractivity contribution in [3.05, 3.63) is 41.0 Å². The van der Waals surface area contributed by atoms with Crippen molar-refractivity contribution < 1.29 is 9.26 Å². The zero-order valence-electron chi connectivity index (χ0n) is 15.9. The first-order chi connectivity index (χ1) is 13.1. The Labute approximate surface area is 169 Å². The van der Waals surface area contributed by atoms with Crippen molar-refractivity contribution in [3.63, 3.8) is 0 Å². The number of nitrogens with zero attached hydrogens (tertiary/aromatic N) is 3. The van der Waals surface area contributed by atoms with Crippen LogP contribution in [-0.2, 0) is 11.3 Å². The summed E-state index contributed by atoms with van der Waals surface area (Å²) in [5.74, 6) is 2.62. The van der Waals surface area contributed by atoms with E-state index < -0.39 is 0 Å². The number of rotatable bonds is 10. The van der Waals surface area contributed by atoms with E-state index in [0.29, 0.717) is 30.8 Å². The summed E-state index contributed by atoms with van der Waals surface area (Å²) in [6, 6.07) is 7.83. The highest BCUT2D eigenvalue weighted by atomic mass is 35.5. The Morgan fingerprint density at radius 2 is 2.07 bits per heavy atom. The number of aromatic nitrogens is 2. The van der Waals surface area contributed by atoms with Crippen LogP contribution in [0.4, 0.5) is 0 Å². The Bertz CT molecular complexity index is 708. The van der Waals surface area contributed by atoms with Gasteiger partial charge in [-0.1, -0.05) is 16.8 Å². The van der Waals surface area contributed by atoms with Gasteiger partial charge in [0.05, 0.1) is 0 Å². The first-order valence-electron chi connectivity index (χ1n) is 8.97. The van der Waals surface area contributed by atoms with Crippen LogP contribution in [0.25, 0.3) is 0 Å². The molecule has 148 valence electrons. The monoisotopic (exact) mass is 411 g/mol. The van der Waals surface area contributed by atoms with E-state index in [1.54, 1.807) is 11.8 Å². The highest BCUT2D eigenvalue weighted by Crippen LogP contribution is 2.19. The van der Waals surface area contributed by atoms with Crippen LogP contribution >= 0.6 is 23.4 Å². The van der Waals surface area contributed by atoms with E-state index in [1.807, 2.05) is 45.0 Å². The molecule has 2 rings (SSSR count). The molecule has 2 N–H and O–H groups in total. The lowest BCUT2D eigenvalue weighted by Crippen LogP contribution is -2.38. The summed E-state index contributed by atoms with van der Waals surface area (Å²) in [6.07, 6.45) is -0.187.